The number of pyridine rings is 1. The van der Waals surface area contributed by atoms with Crippen LogP contribution < -0.4 is 4.90 Å². The molecule has 0 bridgehead atoms. The third kappa shape index (κ3) is 11.1. The normalized spacial score (nSPS) is 32.4. The van der Waals surface area contributed by atoms with E-state index in [4.69, 9.17) is 14.2 Å². The van der Waals surface area contributed by atoms with Gasteiger partial charge in [-0.25, -0.2) is 4.79 Å². The molecule has 3 aliphatic heterocycles. The standard InChI is InChI=1S/C38H57N3O9/c1-7-30(43)27(4)35-31(48-35)24-37(5,46)15-8-9-25(2)34-26(3)10-11-32(38(6,47)16-12-29(42)23-33(44)50-34)49-36(45)41-21-19-40(20-22-41)28-13-17-39-18-14-28/h8-11,13-15,17-18,26-27,29-32,34-35,42-43,46-47H,7,12,16,19-24H2,1-6H3. The van der Waals surface area contributed by atoms with Crippen LogP contribution in [0.3, 0.4) is 0 Å². The van der Waals surface area contributed by atoms with E-state index in [2.05, 4.69) is 9.88 Å². The van der Waals surface area contributed by atoms with Crippen LogP contribution in [0, 0.1) is 11.8 Å². The fourth-order valence-electron chi connectivity index (χ4n) is 6.69. The third-order valence-electron chi connectivity index (χ3n) is 10.2. The second-order valence-electron chi connectivity index (χ2n) is 14.7. The number of cyclic esters (lactones) is 1. The number of esters is 1. The van der Waals surface area contributed by atoms with E-state index in [9.17, 15) is 30.0 Å². The molecule has 10 unspecified atom stereocenters. The van der Waals surface area contributed by atoms with Gasteiger partial charge in [-0.1, -0.05) is 45.1 Å². The Kier molecular flexibility index (Phi) is 13.7. The molecule has 4 heterocycles. The van der Waals surface area contributed by atoms with Crippen LogP contribution in [0.5, 0.6) is 0 Å². The number of amides is 1. The topological polar surface area (TPSA) is 165 Å². The lowest BCUT2D eigenvalue weighted by Crippen LogP contribution is -2.51. The van der Waals surface area contributed by atoms with Gasteiger partial charge in [0.25, 0.3) is 0 Å². The van der Waals surface area contributed by atoms with Gasteiger partial charge in [-0.15, -0.1) is 0 Å². The number of epoxide rings is 1. The van der Waals surface area contributed by atoms with Crippen molar-refractivity contribution in [2.24, 2.45) is 11.8 Å². The molecule has 50 heavy (non-hydrogen) atoms. The lowest BCUT2D eigenvalue weighted by Gasteiger charge is -2.38. The minimum Gasteiger partial charge on any atom is -0.457 e. The molecule has 0 aliphatic carbocycles. The van der Waals surface area contributed by atoms with Crippen LogP contribution in [0.4, 0.5) is 10.5 Å². The summed E-state index contributed by atoms with van der Waals surface area (Å²) in [6.07, 6.45) is 8.97. The summed E-state index contributed by atoms with van der Waals surface area (Å²) < 4.78 is 17.5. The van der Waals surface area contributed by atoms with Crippen LogP contribution in [0.25, 0.3) is 0 Å². The lowest BCUT2D eigenvalue weighted by molar-refractivity contribution is -0.151. The van der Waals surface area contributed by atoms with Crippen LogP contribution in [0.2, 0.25) is 0 Å². The van der Waals surface area contributed by atoms with Crippen LogP contribution >= 0.6 is 0 Å². The van der Waals surface area contributed by atoms with Gasteiger partial charge < -0.3 is 44.4 Å². The fourth-order valence-corrected chi connectivity index (χ4v) is 6.69. The maximum atomic E-state index is 13.4. The molecule has 2 saturated heterocycles. The molecular formula is C38H57N3O9. The van der Waals surface area contributed by atoms with E-state index in [-0.39, 0.29) is 37.4 Å². The maximum Gasteiger partial charge on any atom is 0.410 e. The highest BCUT2D eigenvalue weighted by atomic mass is 16.6. The van der Waals surface area contributed by atoms with Crippen molar-refractivity contribution in [1.82, 2.24) is 9.88 Å². The molecular weight excluding hydrogens is 642 g/mol. The van der Waals surface area contributed by atoms with Gasteiger partial charge in [0.2, 0.25) is 0 Å². The van der Waals surface area contributed by atoms with Crippen molar-refractivity contribution in [3.8, 4) is 0 Å². The Labute approximate surface area is 296 Å². The molecule has 1 aromatic heterocycles. The molecule has 0 aromatic carbocycles. The number of aliphatic hydroxyl groups is 4. The minimum atomic E-state index is -1.51. The number of piperazine rings is 1. The summed E-state index contributed by atoms with van der Waals surface area (Å²) in [4.78, 5) is 34.1. The zero-order valence-electron chi connectivity index (χ0n) is 30.4. The number of ether oxygens (including phenoxy) is 3. The molecule has 0 spiro atoms. The predicted molar refractivity (Wildman–Crippen MR) is 189 cm³/mol. The number of allylic oxidation sites excluding steroid dienone is 2. The van der Waals surface area contributed by atoms with Gasteiger partial charge in [0.1, 0.15) is 11.7 Å². The second-order valence-corrected chi connectivity index (χ2v) is 14.7. The van der Waals surface area contributed by atoms with Gasteiger partial charge in [0.15, 0.2) is 6.10 Å². The molecule has 4 N–H and O–H groups in total. The Morgan fingerprint density at radius 3 is 2.56 bits per heavy atom. The molecule has 12 nitrogen and oxygen atoms in total. The highest BCUT2D eigenvalue weighted by Crippen LogP contribution is 2.37. The first-order valence-electron chi connectivity index (χ1n) is 17.9. The summed E-state index contributed by atoms with van der Waals surface area (Å²) in [5.74, 6) is -0.981. The fraction of sp³-hybridized carbons (Fsp3) is 0.658. The van der Waals surface area contributed by atoms with Crippen molar-refractivity contribution >= 4 is 17.7 Å². The Balaban J connectivity index is 1.44. The summed E-state index contributed by atoms with van der Waals surface area (Å²) in [6, 6.07) is 3.86. The molecule has 1 aromatic rings. The van der Waals surface area contributed by atoms with Crippen LogP contribution in [0.1, 0.15) is 73.6 Å². The van der Waals surface area contributed by atoms with Gasteiger partial charge in [-0.05, 0) is 63.8 Å². The molecule has 1 amide bonds. The molecule has 278 valence electrons. The van der Waals surface area contributed by atoms with Gasteiger partial charge >= 0.3 is 12.1 Å². The molecule has 4 rings (SSSR count). The van der Waals surface area contributed by atoms with Crippen molar-refractivity contribution in [2.45, 2.75) is 121 Å². The predicted octanol–water partition coefficient (Wildman–Crippen LogP) is 3.93. The summed E-state index contributed by atoms with van der Waals surface area (Å²) >= 11 is 0. The highest BCUT2D eigenvalue weighted by molar-refractivity contribution is 5.70. The zero-order chi connectivity index (χ0) is 36.6. The number of carbonyl (C=O) groups is 2. The third-order valence-corrected chi connectivity index (χ3v) is 10.2. The van der Waals surface area contributed by atoms with Crippen molar-refractivity contribution < 1.29 is 44.2 Å². The van der Waals surface area contributed by atoms with Crippen LogP contribution in [0.15, 0.2) is 60.5 Å². The van der Waals surface area contributed by atoms with Gasteiger partial charge in [-0.3, -0.25) is 9.78 Å². The van der Waals surface area contributed by atoms with Crippen molar-refractivity contribution in [3.63, 3.8) is 0 Å². The Bertz CT molecular complexity index is 1360. The van der Waals surface area contributed by atoms with Crippen molar-refractivity contribution in [1.29, 1.82) is 0 Å². The first-order valence-corrected chi connectivity index (χ1v) is 17.9. The van der Waals surface area contributed by atoms with Crippen LogP contribution in [-0.4, -0.2) is 116 Å². The number of anilines is 1. The number of hydrogen-bond donors (Lipinski definition) is 4. The Morgan fingerprint density at radius 1 is 1.22 bits per heavy atom. The summed E-state index contributed by atoms with van der Waals surface area (Å²) in [5, 5.41) is 43.3. The SMILES string of the molecule is CCC(O)C(C)C1OC1CC(C)(O)C=CC=C(C)C1OC(=O)CC(O)CCC(C)(O)C(OC(=O)N2CCN(c3ccncc3)CC2)C=CC1C. The quantitative estimate of drug-likeness (QED) is 0.121. The van der Waals surface area contributed by atoms with E-state index in [0.717, 1.165) is 5.69 Å². The Hall–Kier alpha value is -3.29. The Morgan fingerprint density at radius 2 is 1.90 bits per heavy atom. The zero-order valence-corrected chi connectivity index (χ0v) is 30.4. The molecule has 2 fully saturated rings. The molecule has 0 radical (unpaired) electrons. The van der Waals surface area contributed by atoms with Gasteiger partial charge in [-0.2, -0.15) is 0 Å². The van der Waals surface area contributed by atoms with Crippen molar-refractivity contribution in [3.05, 3.63) is 60.5 Å². The van der Waals surface area contributed by atoms with E-state index in [1.165, 1.54) is 0 Å². The largest absolute Gasteiger partial charge is 0.457 e. The van der Waals surface area contributed by atoms with Gasteiger partial charge in [0.05, 0.1) is 36.4 Å². The number of aliphatic hydroxyl groups excluding tert-OH is 2. The number of rotatable bonds is 10. The van der Waals surface area contributed by atoms with Gasteiger partial charge in [0, 0.05) is 62.5 Å². The maximum absolute atomic E-state index is 13.4. The molecule has 12 heteroatoms. The van der Waals surface area contributed by atoms with E-state index in [1.807, 2.05) is 39.8 Å². The average molecular weight is 700 g/mol. The summed E-state index contributed by atoms with van der Waals surface area (Å²) in [5.41, 5.74) is -0.951. The average Bonchev–Trinajstić information content (AvgIpc) is 3.84. The second kappa shape index (κ2) is 17.3. The first kappa shape index (κ1) is 39.5. The highest BCUT2D eigenvalue weighted by Gasteiger charge is 2.47. The monoisotopic (exact) mass is 699 g/mol. The summed E-state index contributed by atoms with van der Waals surface area (Å²) in [7, 11) is 0. The molecule has 0 saturated carbocycles. The molecule has 10 atom stereocenters. The van der Waals surface area contributed by atoms with Crippen LogP contribution in [-0.2, 0) is 19.0 Å². The summed E-state index contributed by atoms with van der Waals surface area (Å²) in [6.45, 7) is 13.0. The number of hydrogen-bond acceptors (Lipinski definition) is 11. The lowest BCUT2D eigenvalue weighted by atomic mass is 9.88. The number of nitrogens with zero attached hydrogens (tertiary/aromatic N) is 3. The first-order chi connectivity index (χ1) is 23.6. The van der Waals surface area contributed by atoms with E-state index in [0.29, 0.717) is 44.6 Å². The number of carbonyl (C=O) groups excluding carboxylic acids is 2. The number of aromatic nitrogens is 1. The van der Waals surface area contributed by atoms with E-state index >= 15 is 0 Å². The smallest absolute Gasteiger partial charge is 0.410 e. The van der Waals surface area contributed by atoms with E-state index in [1.54, 1.807) is 61.5 Å². The van der Waals surface area contributed by atoms with Crippen molar-refractivity contribution in [2.75, 3.05) is 31.1 Å². The molecule has 3 aliphatic rings. The minimum absolute atomic E-state index is 0.0173. The van der Waals surface area contributed by atoms with E-state index < -0.39 is 53.6 Å².